The third-order valence-corrected chi connectivity index (χ3v) is 20.7. The molecule has 21 aromatic rings. The molecule has 0 radical (unpaired) electrons. The normalized spacial score (nSPS) is 11.6. The van der Waals surface area contributed by atoms with Gasteiger partial charge in [-0.05, 0) is 204 Å². The summed E-state index contributed by atoms with van der Waals surface area (Å²) in [5.74, 6) is 1.39. The van der Waals surface area contributed by atoms with E-state index in [2.05, 4.69) is 331 Å². The van der Waals surface area contributed by atoms with E-state index >= 15 is 0 Å². The molecule has 0 atom stereocenters. The number of hydrogen-bond acceptors (Lipinski definition) is 5. The van der Waals surface area contributed by atoms with Crippen molar-refractivity contribution in [1.29, 1.82) is 5.26 Å². The van der Waals surface area contributed by atoms with Crippen molar-refractivity contribution in [2.45, 2.75) is 0 Å². The lowest BCUT2D eigenvalue weighted by Crippen LogP contribution is -1.97. The van der Waals surface area contributed by atoms with Crippen LogP contribution in [0.1, 0.15) is 5.56 Å². The molecule has 0 bridgehead atoms. The summed E-state index contributed by atoms with van der Waals surface area (Å²) in [7, 11) is 0. The molecular formula is C97H59N7. The first kappa shape index (κ1) is 59.8. The lowest BCUT2D eigenvalue weighted by molar-refractivity contribution is 1.18. The van der Waals surface area contributed by atoms with Crippen LogP contribution in [0.4, 0.5) is 0 Å². The third kappa shape index (κ3) is 10.3. The molecule has 0 aliphatic carbocycles. The molecule has 0 amide bonds. The molecule has 7 nitrogen and oxygen atoms in total. The number of benzene rings is 17. The van der Waals surface area contributed by atoms with Gasteiger partial charge in [-0.15, -0.1) is 0 Å². The van der Waals surface area contributed by atoms with E-state index in [1.807, 2.05) is 42.5 Å². The summed E-state index contributed by atoms with van der Waals surface area (Å²) in [6.45, 7) is 0. The first-order valence-corrected chi connectivity index (χ1v) is 35.1. The monoisotopic (exact) mass is 1320 g/mol. The minimum absolute atomic E-state index is 0.642. The predicted octanol–water partition coefficient (Wildman–Crippen LogP) is 25.1. The molecule has 0 N–H and O–H groups in total. The molecule has 17 aromatic carbocycles. The van der Waals surface area contributed by atoms with Crippen LogP contribution in [0, 0.1) is 11.3 Å². The average molecular weight is 1320 g/mol. The summed E-state index contributed by atoms with van der Waals surface area (Å²) < 4.78 is 4.79. The molecule has 0 saturated heterocycles. The molecule has 104 heavy (non-hydrogen) atoms. The summed E-state index contributed by atoms with van der Waals surface area (Å²) in [5.41, 5.74) is 19.6. The van der Waals surface area contributed by atoms with E-state index in [9.17, 15) is 5.26 Å². The standard InChI is InChI=1S/C50H31N3.C47H28N4/c1-2-10-32(11-3-1)39-22-26-45-43(29-39)49(40-19-18-33-12-4-5-14-36(33)28-40)52-50(51-45)35-20-24-41(25-21-35)53-46-27-23-34-13-8-9-17-42(34)48(46)44-30-37-15-6-7-16-38(37)31-47(44)53;48-29-30-14-16-31(17-15-30)37-20-24-42-40(26-37)46(33-9-2-1-3-10-33)50-47(49-42)34-18-22-38(23-19-34)51-43-25-21-32-8-6-7-13-39(32)45(43)41-27-35-11-4-5-12-36(35)28-44(41)51/h1-31H;1-28H. The number of nitrogens with zero attached hydrogens (tertiary/aromatic N) is 7. The molecule has 4 aromatic heterocycles. The van der Waals surface area contributed by atoms with Crippen LogP contribution in [-0.2, 0) is 0 Å². The lowest BCUT2D eigenvalue weighted by Gasteiger charge is -2.13. The van der Waals surface area contributed by atoms with E-state index in [1.165, 1.54) is 103 Å². The van der Waals surface area contributed by atoms with Crippen molar-refractivity contribution >= 4 is 119 Å². The zero-order valence-corrected chi connectivity index (χ0v) is 56.2. The van der Waals surface area contributed by atoms with Gasteiger partial charge in [0.25, 0.3) is 0 Å². The smallest absolute Gasteiger partial charge is 0.160 e. The molecule has 0 saturated carbocycles. The summed E-state index contributed by atoms with van der Waals surface area (Å²) in [4.78, 5) is 20.8. The van der Waals surface area contributed by atoms with Gasteiger partial charge in [0.2, 0.25) is 0 Å². The van der Waals surface area contributed by atoms with Gasteiger partial charge < -0.3 is 9.13 Å². The fourth-order valence-electron chi connectivity index (χ4n) is 15.6. The number of hydrogen-bond donors (Lipinski definition) is 0. The first-order chi connectivity index (χ1) is 51.5. The SMILES string of the molecule is N#Cc1ccc(-c2ccc3nc(-c4ccc(-n5c6cc7ccccc7cc6c6c7ccccc7ccc65)cc4)nc(-c4ccccc4)c3c2)cc1.c1ccc(-c2ccc3nc(-c4ccc(-n5c6cc7ccccc7cc6c6c7ccccc7ccc65)cc4)nc(-c4ccc5ccccc5c4)c3c2)cc1. The Morgan fingerprint density at radius 1 is 0.221 bits per heavy atom. The Balaban J connectivity index is 0.000000139. The van der Waals surface area contributed by atoms with Gasteiger partial charge in [0.15, 0.2) is 11.6 Å². The van der Waals surface area contributed by atoms with Crippen molar-refractivity contribution in [3.8, 4) is 85.0 Å². The van der Waals surface area contributed by atoms with E-state index < -0.39 is 0 Å². The summed E-state index contributed by atoms with van der Waals surface area (Å²) >= 11 is 0. The van der Waals surface area contributed by atoms with Gasteiger partial charge in [-0.2, -0.15) is 5.26 Å². The van der Waals surface area contributed by atoms with Gasteiger partial charge in [0, 0.05) is 65.9 Å². The predicted molar refractivity (Wildman–Crippen MR) is 433 cm³/mol. The van der Waals surface area contributed by atoms with Crippen molar-refractivity contribution in [2.24, 2.45) is 0 Å². The van der Waals surface area contributed by atoms with Crippen LogP contribution < -0.4 is 0 Å². The zero-order chi connectivity index (χ0) is 68.8. The van der Waals surface area contributed by atoms with Crippen molar-refractivity contribution in [3.63, 3.8) is 0 Å². The van der Waals surface area contributed by atoms with Crippen LogP contribution >= 0.6 is 0 Å². The maximum Gasteiger partial charge on any atom is 0.160 e. The summed E-state index contributed by atoms with van der Waals surface area (Å²) in [6, 6.07) is 129. The minimum atomic E-state index is 0.642. The number of fused-ring (bicyclic) bond motifs is 15. The van der Waals surface area contributed by atoms with Gasteiger partial charge >= 0.3 is 0 Å². The Hall–Kier alpha value is -14.2. The quantitative estimate of drug-likeness (QED) is 0.151. The van der Waals surface area contributed by atoms with Crippen LogP contribution in [0.3, 0.4) is 0 Å². The zero-order valence-electron chi connectivity index (χ0n) is 56.2. The maximum absolute atomic E-state index is 9.27. The van der Waals surface area contributed by atoms with Crippen molar-refractivity contribution < 1.29 is 0 Å². The van der Waals surface area contributed by atoms with Crippen LogP contribution in [0.2, 0.25) is 0 Å². The fourth-order valence-corrected chi connectivity index (χ4v) is 15.6. The second-order valence-corrected chi connectivity index (χ2v) is 26.8. The maximum atomic E-state index is 9.27. The Morgan fingerprint density at radius 3 is 1.07 bits per heavy atom. The lowest BCUT2D eigenvalue weighted by atomic mass is 9.98. The van der Waals surface area contributed by atoms with Crippen LogP contribution in [0.15, 0.2) is 358 Å². The summed E-state index contributed by atoms with van der Waals surface area (Å²) in [5, 5.41) is 28.7. The Morgan fingerprint density at radius 2 is 0.587 bits per heavy atom. The highest BCUT2D eigenvalue weighted by molar-refractivity contribution is 6.25. The second-order valence-electron chi connectivity index (χ2n) is 26.8. The highest BCUT2D eigenvalue weighted by atomic mass is 15.0. The van der Waals surface area contributed by atoms with Gasteiger partial charge in [-0.25, -0.2) is 19.9 Å². The molecule has 21 rings (SSSR count). The average Bonchev–Trinajstić information content (AvgIpc) is 1.56. The highest BCUT2D eigenvalue weighted by Crippen LogP contribution is 2.43. The molecule has 4 heterocycles. The highest BCUT2D eigenvalue weighted by Gasteiger charge is 2.21. The molecule has 0 aliphatic heterocycles. The van der Waals surface area contributed by atoms with E-state index in [1.54, 1.807) is 0 Å². The van der Waals surface area contributed by atoms with Gasteiger partial charge in [-0.1, -0.05) is 231 Å². The van der Waals surface area contributed by atoms with Crippen molar-refractivity contribution in [1.82, 2.24) is 29.1 Å². The Kier molecular flexibility index (Phi) is 14.2. The van der Waals surface area contributed by atoms with Crippen LogP contribution in [-0.4, -0.2) is 29.1 Å². The van der Waals surface area contributed by atoms with Gasteiger partial charge in [0.1, 0.15) is 0 Å². The minimum Gasteiger partial charge on any atom is -0.309 e. The van der Waals surface area contributed by atoms with Crippen LogP contribution in [0.5, 0.6) is 0 Å². The molecular weight excluding hydrogens is 1260 g/mol. The molecule has 0 unspecified atom stereocenters. The fraction of sp³-hybridized carbons (Fsp3) is 0. The number of nitriles is 1. The van der Waals surface area contributed by atoms with Gasteiger partial charge in [-0.3, -0.25) is 0 Å². The van der Waals surface area contributed by atoms with E-state index in [0.29, 0.717) is 17.2 Å². The molecule has 0 fully saturated rings. The van der Waals surface area contributed by atoms with E-state index in [-0.39, 0.29) is 0 Å². The molecule has 0 aliphatic rings. The molecule has 482 valence electrons. The van der Waals surface area contributed by atoms with Crippen molar-refractivity contribution in [2.75, 3.05) is 0 Å². The van der Waals surface area contributed by atoms with Gasteiger partial charge in [0.05, 0.1) is 56.1 Å². The Labute approximate surface area is 598 Å². The summed E-state index contributed by atoms with van der Waals surface area (Å²) in [6.07, 6.45) is 0. The first-order valence-electron chi connectivity index (χ1n) is 35.1. The largest absolute Gasteiger partial charge is 0.309 e. The molecule has 0 spiro atoms. The Bertz CT molecular complexity index is 7070. The van der Waals surface area contributed by atoms with E-state index in [4.69, 9.17) is 19.9 Å². The topological polar surface area (TPSA) is 85.2 Å². The number of aromatic nitrogens is 6. The van der Waals surface area contributed by atoms with Crippen LogP contribution in [0.25, 0.3) is 198 Å². The number of rotatable bonds is 8. The third-order valence-electron chi connectivity index (χ3n) is 20.7. The second kappa shape index (κ2) is 24.6. The van der Waals surface area contributed by atoms with Crippen molar-refractivity contribution in [3.05, 3.63) is 363 Å². The van der Waals surface area contributed by atoms with E-state index in [0.717, 1.165) is 83.5 Å². The molecule has 7 heteroatoms.